The molecule has 0 spiro atoms. The summed E-state index contributed by atoms with van der Waals surface area (Å²) in [6.07, 6.45) is 3.53. The van der Waals surface area contributed by atoms with E-state index in [1.165, 1.54) is 0 Å². The van der Waals surface area contributed by atoms with Gasteiger partial charge in [0.15, 0.2) is 0 Å². The van der Waals surface area contributed by atoms with Gasteiger partial charge in [-0.05, 0) is 11.6 Å². The van der Waals surface area contributed by atoms with Gasteiger partial charge in [-0.1, -0.05) is 30.3 Å². The average molecular weight is 238 g/mol. The second-order valence-electron chi connectivity index (χ2n) is 4.28. The lowest BCUT2D eigenvalue weighted by molar-refractivity contribution is 0.728. The second-order valence-corrected chi connectivity index (χ2v) is 4.28. The van der Waals surface area contributed by atoms with Gasteiger partial charge in [-0.15, -0.1) is 0 Å². The highest BCUT2D eigenvalue weighted by atomic mass is 15.1. The number of nitrogens with zero attached hydrogens (tertiary/aromatic N) is 3. The van der Waals surface area contributed by atoms with Crippen LogP contribution in [0.25, 0.3) is 11.0 Å². The molecular formula is C14H14N4. The number of fused-ring (bicyclic) bond motifs is 1. The van der Waals surface area contributed by atoms with Crippen molar-refractivity contribution in [3.8, 4) is 0 Å². The molecule has 0 aliphatic rings. The number of pyridine rings is 1. The molecule has 0 saturated heterocycles. The molecule has 4 nitrogen and oxygen atoms in total. The molecule has 3 rings (SSSR count). The summed E-state index contributed by atoms with van der Waals surface area (Å²) in [4.78, 5) is 8.65. The van der Waals surface area contributed by atoms with Crippen molar-refractivity contribution >= 4 is 11.0 Å². The van der Waals surface area contributed by atoms with Crippen LogP contribution in [0, 0.1) is 0 Å². The van der Waals surface area contributed by atoms with Crippen molar-refractivity contribution in [2.75, 3.05) is 0 Å². The second kappa shape index (κ2) is 4.23. The zero-order valence-electron chi connectivity index (χ0n) is 10.1. The van der Waals surface area contributed by atoms with E-state index in [0.717, 1.165) is 22.4 Å². The number of hydrogen-bond acceptors (Lipinski definition) is 3. The van der Waals surface area contributed by atoms with Gasteiger partial charge in [0, 0.05) is 13.2 Å². The largest absolute Gasteiger partial charge is 0.329 e. The van der Waals surface area contributed by atoms with Crippen molar-refractivity contribution in [3.05, 3.63) is 60.2 Å². The van der Waals surface area contributed by atoms with Crippen LogP contribution in [0.3, 0.4) is 0 Å². The molecular weight excluding hydrogens is 224 g/mol. The summed E-state index contributed by atoms with van der Waals surface area (Å²) in [5.41, 5.74) is 9.26. The van der Waals surface area contributed by atoms with Crippen molar-refractivity contribution in [2.24, 2.45) is 12.8 Å². The van der Waals surface area contributed by atoms with E-state index < -0.39 is 0 Å². The molecule has 0 aliphatic heterocycles. The quantitative estimate of drug-likeness (QED) is 0.743. The molecule has 90 valence electrons. The van der Waals surface area contributed by atoms with Gasteiger partial charge in [0.1, 0.15) is 11.3 Å². The molecule has 1 unspecified atom stereocenters. The molecule has 0 amide bonds. The molecule has 2 heterocycles. The number of benzene rings is 1. The van der Waals surface area contributed by atoms with Gasteiger partial charge in [0.05, 0.1) is 17.8 Å². The van der Waals surface area contributed by atoms with E-state index in [4.69, 9.17) is 5.73 Å². The third kappa shape index (κ3) is 1.67. The van der Waals surface area contributed by atoms with Gasteiger partial charge in [0.2, 0.25) is 0 Å². The van der Waals surface area contributed by atoms with Gasteiger partial charge in [-0.2, -0.15) is 0 Å². The Labute approximate surface area is 105 Å². The molecule has 0 radical (unpaired) electrons. The zero-order chi connectivity index (χ0) is 12.5. The van der Waals surface area contributed by atoms with E-state index in [1.54, 1.807) is 12.4 Å². The van der Waals surface area contributed by atoms with Crippen molar-refractivity contribution in [3.63, 3.8) is 0 Å². The molecule has 1 aromatic carbocycles. The SMILES string of the molecule is Cn1c(C(N)c2ccccc2)nc2cnccc21. The van der Waals surface area contributed by atoms with Crippen molar-refractivity contribution in [1.29, 1.82) is 0 Å². The van der Waals surface area contributed by atoms with Crippen LogP contribution in [0.2, 0.25) is 0 Å². The molecule has 18 heavy (non-hydrogen) atoms. The Kier molecular flexibility index (Phi) is 2.57. The maximum atomic E-state index is 6.28. The van der Waals surface area contributed by atoms with Crippen LogP contribution in [0.4, 0.5) is 0 Å². The topological polar surface area (TPSA) is 56.7 Å². The number of nitrogens with two attached hydrogens (primary N) is 1. The fourth-order valence-electron chi connectivity index (χ4n) is 2.16. The Hall–Kier alpha value is -2.20. The van der Waals surface area contributed by atoms with Crippen molar-refractivity contribution < 1.29 is 0 Å². The van der Waals surface area contributed by atoms with Crippen LogP contribution in [-0.4, -0.2) is 14.5 Å². The summed E-state index contributed by atoms with van der Waals surface area (Å²) in [6.45, 7) is 0. The van der Waals surface area contributed by atoms with Gasteiger partial charge in [-0.25, -0.2) is 4.98 Å². The number of aryl methyl sites for hydroxylation is 1. The van der Waals surface area contributed by atoms with Crippen molar-refractivity contribution in [2.45, 2.75) is 6.04 Å². The number of hydrogen-bond donors (Lipinski definition) is 1. The standard InChI is InChI=1S/C14H14N4/c1-18-12-7-8-16-9-11(12)17-14(18)13(15)10-5-3-2-4-6-10/h2-9,13H,15H2,1H3. The lowest BCUT2D eigenvalue weighted by Crippen LogP contribution is -2.16. The van der Waals surface area contributed by atoms with Gasteiger partial charge < -0.3 is 10.3 Å². The minimum absolute atomic E-state index is 0.219. The summed E-state index contributed by atoms with van der Waals surface area (Å²) in [6, 6.07) is 11.7. The summed E-state index contributed by atoms with van der Waals surface area (Å²) in [5, 5.41) is 0. The maximum Gasteiger partial charge on any atom is 0.131 e. The third-order valence-electron chi connectivity index (χ3n) is 3.15. The molecule has 4 heteroatoms. The minimum Gasteiger partial charge on any atom is -0.329 e. The summed E-state index contributed by atoms with van der Waals surface area (Å²) in [5.74, 6) is 0.851. The fourth-order valence-corrected chi connectivity index (χ4v) is 2.16. The summed E-state index contributed by atoms with van der Waals surface area (Å²) >= 11 is 0. The highest BCUT2D eigenvalue weighted by molar-refractivity contribution is 5.74. The Morgan fingerprint density at radius 3 is 2.67 bits per heavy atom. The zero-order valence-corrected chi connectivity index (χ0v) is 10.1. The van der Waals surface area contributed by atoms with Crippen LogP contribution in [0.5, 0.6) is 0 Å². The van der Waals surface area contributed by atoms with Gasteiger partial charge in [-0.3, -0.25) is 4.98 Å². The average Bonchev–Trinajstić information content (AvgIpc) is 2.77. The van der Waals surface area contributed by atoms with Gasteiger partial charge in [0.25, 0.3) is 0 Å². The first kappa shape index (κ1) is 10.9. The third-order valence-corrected chi connectivity index (χ3v) is 3.15. The lowest BCUT2D eigenvalue weighted by Gasteiger charge is -2.11. The van der Waals surface area contributed by atoms with Crippen molar-refractivity contribution in [1.82, 2.24) is 14.5 Å². The van der Waals surface area contributed by atoms with Gasteiger partial charge >= 0.3 is 0 Å². The smallest absolute Gasteiger partial charge is 0.131 e. The number of aromatic nitrogens is 3. The molecule has 0 fully saturated rings. The van der Waals surface area contributed by atoms with Crippen LogP contribution in [0.1, 0.15) is 17.4 Å². The summed E-state index contributed by atoms with van der Waals surface area (Å²) in [7, 11) is 1.98. The predicted octanol–water partition coefficient (Wildman–Crippen LogP) is 2.02. The van der Waals surface area contributed by atoms with E-state index >= 15 is 0 Å². The monoisotopic (exact) mass is 238 g/mol. The first-order valence-corrected chi connectivity index (χ1v) is 5.84. The lowest BCUT2D eigenvalue weighted by atomic mass is 10.1. The molecule has 0 aliphatic carbocycles. The Morgan fingerprint density at radius 2 is 1.94 bits per heavy atom. The van der Waals surface area contributed by atoms with E-state index in [1.807, 2.05) is 48.0 Å². The van der Waals surface area contributed by atoms with E-state index in [9.17, 15) is 0 Å². The highest BCUT2D eigenvalue weighted by Crippen LogP contribution is 2.22. The molecule has 0 saturated carbocycles. The number of rotatable bonds is 2. The fraction of sp³-hybridized carbons (Fsp3) is 0.143. The maximum absolute atomic E-state index is 6.28. The number of imidazole rings is 1. The molecule has 1 atom stereocenters. The highest BCUT2D eigenvalue weighted by Gasteiger charge is 2.16. The van der Waals surface area contributed by atoms with Crippen LogP contribution in [-0.2, 0) is 7.05 Å². The minimum atomic E-state index is -0.219. The molecule has 3 aromatic rings. The van der Waals surface area contributed by atoms with Crippen LogP contribution < -0.4 is 5.73 Å². The van der Waals surface area contributed by atoms with E-state index in [2.05, 4.69) is 9.97 Å². The first-order valence-electron chi connectivity index (χ1n) is 5.84. The first-order chi connectivity index (χ1) is 8.77. The molecule has 2 aromatic heterocycles. The Morgan fingerprint density at radius 1 is 1.17 bits per heavy atom. The normalized spacial score (nSPS) is 12.8. The van der Waals surface area contributed by atoms with Crippen LogP contribution in [0.15, 0.2) is 48.8 Å². The predicted molar refractivity (Wildman–Crippen MR) is 71.0 cm³/mol. The Bertz CT molecular complexity index is 673. The Balaban J connectivity index is 2.12. The summed E-state index contributed by atoms with van der Waals surface area (Å²) < 4.78 is 2.02. The van der Waals surface area contributed by atoms with Crippen LogP contribution >= 0.6 is 0 Å². The molecule has 2 N–H and O–H groups in total. The molecule has 0 bridgehead atoms. The van der Waals surface area contributed by atoms with E-state index in [-0.39, 0.29) is 6.04 Å². The van der Waals surface area contributed by atoms with E-state index in [0.29, 0.717) is 0 Å².